The molecule has 0 bridgehead atoms. The third-order valence-electron chi connectivity index (χ3n) is 2.90. The van der Waals surface area contributed by atoms with Crippen molar-refractivity contribution in [2.75, 3.05) is 6.54 Å². The third-order valence-corrected chi connectivity index (χ3v) is 3.16. The largest absolute Gasteiger partial charge is 0.391 e. The summed E-state index contributed by atoms with van der Waals surface area (Å²) in [7, 11) is 0. The number of hydrogen-bond donors (Lipinski definition) is 1. The zero-order valence-electron chi connectivity index (χ0n) is 9.06. The molecule has 2 atom stereocenters. The average Bonchev–Trinajstić information content (AvgIpc) is 2.58. The van der Waals surface area contributed by atoms with Gasteiger partial charge in [0.15, 0.2) is 0 Å². The van der Waals surface area contributed by atoms with Gasteiger partial charge in [-0.2, -0.15) is 0 Å². The fourth-order valence-electron chi connectivity index (χ4n) is 2.04. The van der Waals surface area contributed by atoms with Crippen LogP contribution in [0.5, 0.6) is 0 Å². The van der Waals surface area contributed by atoms with Gasteiger partial charge in [0.2, 0.25) is 0 Å². The van der Waals surface area contributed by atoms with Crippen LogP contribution in [0.1, 0.15) is 23.7 Å². The number of rotatable bonds is 1. The summed E-state index contributed by atoms with van der Waals surface area (Å²) >= 11 is 5.76. The molecule has 0 aromatic heterocycles. The predicted octanol–water partition coefficient (Wildman–Crippen LogP) is 1.94. The van der Waals surface area contributed by atoms with Gasteiger partial charge in [-0.15, -0.1) is 0 Å². The topological polar surface area (TPSA) is 40.5 Å². The molecule has 16 heavy (non-hydrogen) atoms. The van der Waals surface area contributed by atoms with E-state index in [1.54, 1.807) is 29.2 Å². The number of β-amino-alcohol motifs (C(OH)–C–C–N with tert-alkyl or cyclic N) is 1. The van der Waals surface area contributed by atoms with Crippen molar-refractivity contribution < 1.29 is 9.90 Å². The number of amides is 1. The molecule has 1 aromatic carbocycles. The van der Waals surface area contributed by atoms with Crippen molar-refractivity contribution in [1.29, 1.82) is 0 Å². The maximum Gasteiger partial charge on any atom is 0.254 e. The van der Waals surface area contributed by atoms with Gasteiger partial charge in [0.1, 0.15) is 0 Å². The normalized spacial score (nSPS) is 24.8. The number of aliphatic hydroxyl groups excluding tert-OH is 1. The van der Waals surface area contributed by atoms with Gasteiger partial charge in [0.05, 0.1) is 6.10 Å². The molecule has 1 saturated heterocycles. The summed E-state index contributed by atoms with van der Waals surface area (Å²) in [5.41, 5.74) is 0.616. The van der Waals surface area contributed by atoms with E-state index in [0.717, 1.165) is 0 Å². The molecule has 0 aliphatic carbocycles. The minimum Gasteiger partial charge on any atom is -0.391 e. The van der Waals surface area contributed by atoms with Crippen LogP contribution in [0.15, 0.2) is 24.3 Å². The Morgan fingerprint density at radius 3 is 2.56 bits per heavy atom. The molecule has 1 amide bonds. The lowest BCUT2D eigenvalue weighted by atomic mass is 10.2. The van der Waals surface area contributed by atoms with Crippen molar-refractivity contribution in [1.82, 2.24) is 4.90 Å². The number of carbonyl (C=O) groups excluding carboxylic acids is 1. The third kappa shape index (κ3) is 2.20. The minimum absolute atomic E-state index is 0.0410. The first-order valence-electron chi connectivity index (χ1n) is 5.32. The summed E-state index contributed by atoms with van der Waals surface area (Å²) in [5, 5.41) is 10.1. The Bertz CT molecular complexity index is 391. The molecule has 0 saturated carbocycles. The van der Waals surface area contributed by atoms with E-state index >= 15 is 0 Å². The Morgan fingerprint density at radius 2 is 2.06 bits per heavy atom. The molecule has 1 heterocycles. The molecular formula is C12H14ClNO2. The van der Waals surface area contributed by atoms with E-state index in [2.05, 4.69) is 0 Å². The summed E-state index contributed by atoms with van der Waals surface area (Å²) in [6, 6.07) is 6.92. The highest BCUT2D eigenvalue weighted by molar-refractivity contribution is 6.30. The van der Waals surface area contributed by atoms with Crippen molar-refractivity contribution in [3.63, 3.8) is 0 Å². The molecule has 86 valence electrons. The van der Waals surface area contributed by atoms with Crippen LogP contribution in [-0.2, 0) is 0 Å². The first kappa shape index (κ1) is 11.4. The van der Waals surface area contributed by atoms with Gasteiger partial charge in [0.25, 0.3) is 5.91 Å². The molecule has 1 aliphatic heterocycles. The molecule has 0 spiro atoms. The van der Waals surface area contributed by atoms with Crippen molar-refractivity contribution >= 4 is 17.5 Å². The number of benzene rings is 1. The van der Waals surface area contributed by atoms with E-state index in [9.17, 15) is 9.90 Å². The van der Waals surface area contributed by atoms with Crippen LogP contribution in [0, 0.1) is 0 Å². The number of carbonyl (C=O) groups is 1. The van der Waals surface area contributed by atoms with Crippen LogP contribution in [-0.4, -0.2) is 34.6 Å². The SMILES string of the molecule is CC1CC(O)CN1C(=O)c1ccc(Cl)cc1. The number of halogens is 1. The molecule has 1 aliphatic rings. The standard InChI is InChI=1S/C12H14ClNO2/c1-8-6-11(15)7-14(8)12(16)9-2-4-10(13)5-3-9/h2-5,8,11,15H,6-7H2,1H3. The number of likely N-dealkylation sites (tertiary alicyclic amines) is 1. The van der Waals surface area contributed by atoms with Crippen LogP contribution in [0.25, 0.3) is 0 Å². The smallest absolute Gasteiger partial charge is 0.254 e. The highest BCUT2D eigenvalue weighted by Gasteiger charge is 2.31. The second-order valence-corrected chi connectivity index (χ2v) is 4.64. The lowest BCUT2D eigenvalue weighted by Gasteiger charge is -2.21. The average molecular weight is 240 g/mol. The summed E-state index contributed by atoms with van der Waals surface area (Å²) in [6.45, 7) is 2.37. The van der Waals surface area contributed by atoms with Gasteiger partial charge < -0.3 is 10.0 Å². The Balaban J connectivity index is 2.16. The van der Waals surface area contributed by atoms with E-state index in [4.69, 9.17) is 11.6 Å². The Kier molecular flexibility index (Phi) is 3.17. The highest BCUT2D eigenvalue weighted by atomic mass is 35.5. The van der Waals surface area contributed by atoms with E-state index in [0.29, 0.717) is 23.6 Å². The van der Waals surface area contributed by atoms with Gasteiger partial charge in [0, 0.05) is 23.2 Å². The minimum atomic E-state index is -0.397. The van der Waals surface area contributed by atoms with Gasteiger partial charge in [-0.1, -0.05) is 11.6 Å². The summed E-state index contributed by atoms with van der Waals surface area (Å²) in [6.07, 6.45) is 0.255. The van der Waals surface area contributed by atoms with Crippen LogP contribution in [0.3, 0.4) is 0 Å². The molecule has 1 fully saturated rings. The molecule has 1 aromatic rings. The van der Waals surface area contributed by atoms with Crippen LogP contribution in [0.2, 0.25) is 5.02 Å². The van der Waals surface area contributed by atoms with Crippen molar-refractivity contribution in [3.8, 4) is 0 Å². The monoisotopic (exact) mass is 239 g/mol. The van der Waals surface area contributed by atoms with Crippen molar-refractivity contribution in [2.24, 2.45) is 0 Å². The molecule has 1 N–H and O–H groups in total. The zero-order chi connectivity index (χ0) is 11.7. The zero-order valence-corrected chi connectivity index (χ0v) is 9.81. The van der Waals surface area contributed by atoms with Crippen molar-refractivity contribution in [2.45, 2.75) is 25.5 Å². The van der Waals surface area contributed by atoms with Crippen molar-refractivity contribution in [3.05, 3.63) is 34.9 Å². The maximum absolute atomic E-state index is 12.1. The van der Waals surface area contributed by atoms with Crippen LogP contribution >= 0.6 is 11.6 Å². The van der Waals surface area contributed by atoms with Crippen LogP contribution in [0.4, 0.5) is 0 Å². The molecule has 0 radical (unpaired) electrons. The first-order valence-corrected chi connectivity index (χ1v) is 5.70. The fourth-order valence-corrected chi connectivity index (χ4v) is 2.17. The molecule has 3 nitrogen and oxygen atoms in total. The second-order valence-electron chi connectivity index (χ2n) is 4.20. The second kappa shape index (κ2) is 4.44. The molecule has 2 unspecified atom stereocenters. The number of hydrogen-bond acceptors (Lipinski definition) is 2. The Morgan fingerprint density at radius 1 is 1.44 bits per heavy atom. The Hall–Kier alpha value is -1.06. The lowest BCUT2D eigenvalue weighted by Crippen LogP contribution is -2.34. The van der Waals surface area contributed by atoms with E-state index < -0.39 is 6.10 Å². The summed E-state index contributed by atoms with van der Waals surface area (Å²) in [4.78, 5) is 13.8. The van der Waals surface area contributed by atoms with Gasteiger partial charge >= 0.3 is 0 Å². The van der Waals surface area contributed by atoms with Gasteiger partial charge in [-0.05, 0) is 37.6 Å². The highest BCUT2D eigenvalue weighted by Crippen LogP contribution is 2.20. The molecule has 4 heteroatoms. The summed E-state index contributed by atoms with van der Waals surface area (Å²) < 4.78 is 0. The maximum atomic E-state index is 12.1. The quantitative estimate of drug-likeness (QED) is 0.814. The molecular weight excluding hydrogens is 226 g/mol. The first-order chi connectivity index (χ1) is 7.58. The van der Waals surface area contributed by atoms with E-state index in [1.807, 2.05) is 6.92 Å². The van der Waals surface area contributed by atoms with E-state index in [1.165, 1.54) is 0 Å². The van der Waals surface area contributed by atoms with E-state index in [-0.39, 0.29) is 11.9 Å². The molecule has 2 rings (SSSR count). The fraction of sp³-hybridized carbons (Fsp3) is 0.417. The summed E-state index contributed by atoms with van der Waals surface area (Å²) in [5.74, 6) is -0.0410. The van der Waals surface area contributed by atoms with Gasteiger partial charge in [-0.3, -0.25) is 4.79 Å². The number of nitrogens with zero attached hydrogens (tertiary/aromatic N) is 1. The van der Waals surface area contributed by atoms with Crippen LogP contribution < -0.4 is 0 Å². The number of aliphatic hydroxyl groups is 1. The van der Waals surface area contributed by atoms with Gasteiger partial charge in [-0.25, -0.2) is 0 Å². The Labute approximate surface area is 99.6 Å². The lowest BCUT2D eigenvalue weighted by molar-refractivity contribution is 0.0726. The predicted molar refractivity (Wildman–Crippen MR) is 62.6 cm³/mol.